The summed E-state index contributed by atoms with van der Waals surface area (Å²) in [6.45, 7) is 9.05. The van der Waals surface area contributed by atoms with Crippen molar-refractivity contribution in [3.05, 3.63) is 28.2 Å². The Bertz CT molecular complexity index is 747. The lowest BCUT2D eigenvalue weighted by molar-refractivity contribution is -0.120. The molecule has 1 aromatic carbocycles. The Labute approximate surface area is 196 Å². The van der Waals surface area contributed by atoms with Crippen LogP contribution in [0.5, 0.6) is 0 Å². The number of benzene rings is 1. The molecule has 2 N–H and O–H groups in total. The molecular formula is C21H31BCl2N4O3. The van der Waals surface area contributed by atoms with E-state index in [0.717, 1.165) is 12.1 Å². The summed E-state index contributed by atoms with van der Waals surface area (Å²) in [5.41, 5.74) is 0.614. The van der Waals surface area contributed by atoms with Gasteiger partial charge in [-0.15, -0.1) is 0 Å². The van der Waals surface area contributed by atoms with Crippen molar-refractivity contribution in [3.63, 3.8) is 0 Å². The van der Waals surface area contributed by atoms with Gasteiger partial charge in [0.1, 0.15) is 5.84 Å². The molecule has 0 bridgehead atoms. The Morgan fingerprint density at radius 2 is 1.94 bits per heavy atom. The largest absolute Gasteiger partial charge is 0.359 e. The lowest BCUT2D eigenvalue weighted by Gasteiger charge is -2.14. The number of halogens is 2. The van der Waals surface area contributed by atoms with Crippen molar-refractivity contribution in [2.45, 2.75) is 53.4 Å². The number of amidine groups is 1. The van der Waals surface area contributed by atoms with Crippen LogP contribution in [0, 0.1) is 5.92 Å². The van der Waals surface area contributed by atoms with E-state index in [9.17, 15) is 14.4 Å². The van der Waals surface area contributed by atoms with Gasteiger partial charge >= 0.3 is 0 Å². The van der Waals surface area contributed by atoms with Gasteiger partial charge in [0.05, 0.1) is 28.0 Å². The molecule has 0 saturated carbocycles. The SMILES string of the molecule is CC.CC1CN(c2ccc(Cl)c(Cl)c2)N=C1NC(=O)CCCNC=O.[B]C(=O)CCC. The molecular weight excluding hydrogens is 438 g/mol. The third kappa shape index (κ3) is 11.8. The molecule has 2 amide bonds. The third-order valence-corrected chi connectivity index (χ3v) is 4.65. The first-order valence-electron chi connectivity index (χ1n) is 10.3. The Morgan fingerprint density at radius 1 is 1.26 bits per heavy atom. The molecule has 0 fully saturated rings. The molecule has 0 aliphatic carbocycles. The van der Waals surface area contributed by atoms with E-state index < -0.39 is 0 Å². The molecule has 0 saturated heterocycles. The molecule has 31 heavy (non-hydrogen) atoms. The summed E-state index contributed by atoms with van der Waals surface area (Å²) in [5.74, 6) is 0.616. The van der Waals surface area contributed by atoms with Crippen molar-refractivity contribution >= 4 is 60.6 Å². The fraction of sp³-hybridized carbons (Fsp3) is 0.524. The maximum atomic E-state index is 11.9. The highest BCUT2D eigenvalue weighted by molar-refractivity contribution is 6.57. The van der Waals surface area contributed by atoms with Crippen LogP contribution in [0.2, 0.25) is 10.0 Å². The molecule has 2 rings (SSSR count). The molecule has 0 spiro atoms. The van der Waals surface area contributed by atoms with Crippen molar-refractivity contribution in [1.29, 1.82) is 0 Å². The summed E-state index contributed by atoms with van der Waals surface area (Å²) in [5, 5.41) is 12.5. The average molecular weight is 469 g/mol. The molecule has 1 heterocycles. The van der Waals surface area contributed by atoms with E-state index in [1.165, 1.54) is 0 Å². The highest BCUT2D eigenvalue weighted by Crippen LogP contribution is 2.29. The van der Waals surface area contributed by atoms with Gasteiger partial charge < -0.3 is 15.4 Å². The summed E-state index contributed by atoms with van der Waals surface area (Å²) < 4.78 is 0. The Kier molecular flexibility index (Phi) is 15.5. The van der Waals surface area contributed by atoms with Crippen molar-refractivity contribution in [1.82, 2.24) is 10.6 Å². The molecule has 7 nitrogen and oxygen atoms in total. The van der Waals surface area contributed by atoms with Gasteiger partial charge in [0, 0.05) is 18.9 Å². The number of anilines is 1. The van der Waals surface area contributed by atoms with Crippen LogP contribution in [0.3, 0.4) is 0 Å². The van der Waals surface area contributed by atoms with Crippen molar-refractivity contribution < 1.29 is 14.4 Å². The van der Waals surface area contributed by atoms with Crippen molar-refractivity contribution in [2.75, 3.05) is 18.1 Å². The Balaban J connectivity index is 0.000000970. The summed E-state index contributed by atoms with van der Waals surface area (Å²) in [6, 6.07) is 5.30. The smallest absolute Gasteiger partial charge is 0.225 e. The molecule has 2 radical (unpaired) electrons. The predicted octanol–water partition coefficient (Wildman–Crippen LogP) is 3.91. The third-order valence-electron chi connectivity index (χ3n) is 3.92. The minimum absolute atomic E-state index is 0.0986. The first-order chi connectivity index (χ1) is 14.8. The number of hydrogen-bond acceptors (Lipinski definition) is 5. The van der Waals surface area contributed by atoms with E-state index in [-0.39, 0.29) is 17.5 Å². The van der Waals surface area contributed by atoms with E-state index in [2.05, 4.69) is 15.7 Å². The summed E-state index contributed by atoms with van der Waals surface area (Å²) in [6.07, 6.45) is 2.91. The zero-order valence-corrected chi connectivity index (χ0v) is 20.1. The van der Waals surface area contributed by atoms with Crippen LogP contribution in [-0.4, -0.2) is 44.8 Å². The summed E-state index contributed by atoms with van der Waals surface area (Å²) in [7, 11) is 4.76. The molecule has 0 aromatic heterocycles. The molecule has 1 atom stereocenters. The zero-order valence-electron chi connectivity index (χ0n) is 18.6. The van der Waals surface area contributed by atoms with Gasteiger partial charge in [-0.05, 0) is 31.0 Å². The van der Waals surface area contributed by atoms with Gasteiger partial charge in [-0.3, -0.25) is 14.6 Å². The fourth-order valence-corrected chi connectivity index (χ4v) is 2.73. The first-order valence-corrected chi connectivity index (χ1v) is 11.1. The number of nitrogens with one attached hydrogen (secondary N) is 2. The number of amides is 2. The van der Waals surface area contributed by atoms with E-state index >= 15 is 0 Å². The minimum atomic E-state index is -0.211. The topological polar surface area (TPSA) is 90.9 Å². The average Bonchev–Trinajstić information content (AvgIpc) is 3.09. The number of rotatable bonds is 8. The van der Waals surface area contributed by atoms with Crippen LogP contribution in [-0.2, 0) is 14.4 Å². The second-order valence-electron chi connectivity index (χ2n) is 6.51. The zero-order chi connectivity index (χ0) is 23.8. The van der Waals surface area contributed by atoms with Gasteiger partial charge in [0.15, 0.2) is 7.85 Å². The van der Waals surface area contributed by atoms with Crippen LogP contribution in [0.4, 0.5) is 5.69 Å². The van der Waals surface area contributed by atoms with E-state index in [1.807, 2.05) is 33.8 Å². The molecule has 1 aliphatic rings. The number of hydrogen-bond donors (Lipinski definition) is 2. The van der Waals surface area contributed by atoms with Crippen LogP contribution >= 0.6 is 23.2 Å². The minimum Gasteiger partial charge on any atom is -0.359 e. The van der Waals surface area contributed by atoms with E-state index in [4.69, 9.17) is 31.0 Å². The van der Waals surface area contributed by atoms with Crippen LogP contribution in [0.1, 0.15) is 53.4 Å². The van der Waals surface area contributed by atoms with Gasteiger partial charge in [0.2, 0.25) is 12.3 Å². The number of nitrogens with zero attached hydrogens (tertiary/aromatic N) is 2. The van der Waals surface area contributed by atoms with Crippen LogP contribution < -0.4 is 15.6 Å². The number of carbonyl (C=O) groups is 3. The quantitative estimate of drug-likeness (QED) is 0.343. The fourth-order valence-electron chi connectivity index (χ4n) is 2.43. The second kappa shape index (κ2) is 16.6. The van der Waals surface area contributed by atoms with E-state index in [0.29, 0.717) is 54.6 Å². The molecule has 1 aromatic rings. The van der Waals surface area contributed by atoms with Crippen molar-refractivity contribution in [2.24, 2.45) is 11.0 Å². The standard InChI is InChI=1S/C15H18Cl2N4O2.C4H7BO.C2H6/c1-10-8-21(11-4-5-12(16)13(17)7-11)20-15(10)19-14(23)3-2-6-18-9-22;1-2-3-4(5)6;1-2/h4-5,7,9-10H,2-3,6,8H2,1H3,(H,18,22)(H,19,20,23);2-3H2,1H3;1-2H3. The lowest BCUT2D eigenvalue weighted by atomic mass is 9.99. The van der Waals surface area contributed by atoms with Crippen LogP contribution in [0.25, 0.3) is 0 Å². The predicted molar refractivity (Wildman–Crippen MR) is 129 cm³/mol. The summed E-state index contributed by atoms with van der Waals surface area (Å²) in [4.78, 5) is 31.8. The number of hydrazone groups is 1. The maximum absolute atomic E-state index is 11.9. The highest BCUT2D eigenvalue weighted by atomic mass is 35.5. The maximum Gasteiger partial charge on any atom is 0.225 e. The van der Waals surface area contributed by atoms with Gasteiger partial charge in [-0.1, -0.05) is 57.3 Å². The molecule has 1 aliphatic heterocycles. The van der Waals surface area contributed by atoms with Gasteiger partial charge in [-0.25, -0.2) is 0 Å². The molecule has 1 unspecified atom stereocenters. The Morgan fingerprint density at radius 3 is 2.45 bits per heavy atom. The van der Waals surface area contributed by atoms with Gasteiger partial charge in [0.25, 0.3) is 0 Å². The van der Waals surface area contributed by atoms with Gasteiger partial charge in [-0.2, -0.15) is 5.10 Å². The van der Waals surface area contributed by atoms with Crippen LogP contribution in [0.15, 0.2) is 23.3 Å². The number of carbonyl (C=O) groups excluding carboxylic acids is 3. The monoisotopic (exact) mass is 468 g/mol. The van der Waals surface area contributed by atoms with E-state index in [1.54, 1.807) is 17.1 Å². The highest BCUT2D eigenvalue weighted by Gasteiger charge is 2.25. The molecule has 170 valence electrons. The first kappa shape index (κ1) is 28.9. The lowest BCUT2D eigenvalue weighted by Crippen LogP contribution is -2.33. The molecule has 10 heteroatoms. The Hall–Kier alpha value is -2.06. The normalized spacial score (nSPS) is 14.3. The second-order valence-corrected chi connectivity index (χ2v) is 7.32. The van der Waals surface area contributed by atoms with Crippen molar-refractivity contribution in [3.8, 4) is 0 Å². The summed E-state index contributed by atoms with van der Waals surface area (Å²) >= 11 is 11.9.